The zero-order valence-corrected chi connectivity index (χ0v) is 15.9. The van der Waals surface area contributed by atoms with Crippen molar-refractivity contribution in [1.29, 1.82) is 0 Å². The van der Waals surface area contributed by atoms with Gasteiger partial charge in [0.15, 0.2) is 0 Å². The number of hydrogen-bond acceptors (Lipinski definition) is 5. The number of piperidine rings is 1. The predicted octanol–water partition coefficient (Wildman–Crippen LogP) is -0.374. The second kappa shape index (κ2) is 7.54. The molecule has 2 N–H and O–H groups in total. The van der Waals surface area contributed by atoms with E-state index in [2.05, 4.69) is 10.2 Å². The molecule has 4 heterocycles. The molecule has 3 saturated heterocycles. The van der Waals surface area contributed by atoms with Crippen molar-refractivity contribution in [1.82, 2.24) is 20.0 Å². The lowest BCUT2D eigenvalue weighted by molar-refractivity contribution is -0.150. The number of H-pyrrole nitrogens is 2. The van der Waals surface area contributed by atoms with E-state index in [1.165, 1.54) is 0 Å². The van der Waals surface area contributed by atoms with E-state index in [0.29, 0.717) is 32.7 Å². The van der Waals surface area contributed by atoms with Crippen molar-refractivity contribution in [2.75, 3.05) is 32.8 Å². The monoisotopic (exact) mass is 390 g/mol. The highest BCUT2D eigenvalue weighted by Gasteiger charge is 2.50. The Morgan fingerprint density at radius 1 is 1.14 bits per heavy atom. The molecule has 3 fully saturated rings. The summed E-state index contributed by atoms with van der Waals surface area (Å²) >= 11 is 0. The first kappa shape index (κ1) is 18.9. The predicted molar refractivity (Wildman–Crippen MR) is 99.8 cm³/mol. The summed E-state index contributed by atoms with van der Waals surface area (Å²) in [5.41, 5.74) is -1.28. The quantitative estimate of drug-likeness (QED) is 0.730. The molecule has 0 aromatic carbocycles. The molecular weight excluding hydrogens is 364 g/mol. The minimum Gasteiger partial charge on any atom is -0.381 e. The van der Waals surface area contributed by atoms with Gasteiger partial charge in [-0.3, -0.25) is 29.4 Å². The van der Waals surface area contributed by atoms with E-state index >= 15 is 0 Å². The number of nitrogens with one attached hydrogen (secondary N) is 2. The van der Waals surface area contributed by atoms with Gasteiger partial charge >= 0.3 is 0 Å². The van der Waals surface area contributed by atoms with Crippen molar-refractivity contribution < 1.29 is 14.3 Å². The summed E-state index contributed by atoms with van der Waals surface area (Å²) in [6.07, 6.45) is 4.00. The molecule has 3 aliphatic heterocycles. The van der Waals surface area contributed by atoms with Crippen LogP contribution >= 0.6 is 0 Å². The van der Waals surface area contributed by atoms with Crippen molar-refractivity contribution in [2.45, 2.75) is 44.6 Å². The molecule has 152 valence electrons. The third kappa shape index (κ3) is 3.50. The van der Waals surface area contributed by atoms with Gasteiger partial charge in [-0.2, -0.15) is 0 Å². The Bertz CT molecular complexity index is 872. The second-order valence-electron chi connectivity index (χ2n) is 8.08. The van der Waals surface area contributed by atoms with Crippen LogP contribution in [0.4, 0.5) is 0 Å². The zero-order chi connectivity index (χ0) is 19.7. The van der Waals surface area contributed by atoms with Gasteiger partial charge in [0.2, 0.25) is 11.8 Å². The van der Waals surface area contributed by atoms with Crippen molar-refractivity contribution in [3.05, 3.63) is 32.3 Å². The van der Waals surface area contributed by atoms with Crippen LogP contribution in [0.5, 0.6) is 0 Å². The molecule has 1 aromatic rings. The first-order valence-corrected chi connectivity index (χ1v) is 9.96. The lowest BCUT2D eigenvalue weighted by Crippen LogP contribution is -2.55. The topological polar surface area (TPSA) is 116 Å². The Kier molecular flexibility index (Phi) is 5.09. The standard InChI is InChI=1S/C19H26N4O5/c24-15-10-13(17(26)21-20-15)11-16(25)22-7-5-19(12-22)4-1-6-23(18(19)27)14-2-8-28-9-3-14/h10,14H,1-9,11-12H2,(H,20,24)(H,21,26)/t19-/m0/s1. The first-order valence-electron chi connectivity index (χ1n) is 9.96. The largest absolute Gasteiger partial charge is 0.381 e. The smallest absolute Gasteiger partial charge is 0.266 e. The minimum absolute atomic E-state index is 0.132. The highest BCUT2D eigenvalue weighted by atomic mass is 16.5. The van der Waals surface area contributed by atoms with Crippen LogP contribution in [-0.2, 0) is 20.7 Å². The van der Waals surface area contributed by atoms with Gasteiger partial charge in [0.05, 0.1) is 11.8 Å². The Morgan fingerprint density at radius 2 is 1.93 bits per heavy atom. The number of amides is 2. The average Bonchev–Trinajstić information content (AvgIpc) is 3.13. The van der Waals surface area contributed by atoms with Gasteiger partial charge in [-0.05, 0) is 32.1 Å². The fourth-order valence-electron chi connectivity index (χ4n) is 4.77. The van der Waals surface area contributed by atoms with E-state index in [9.17, 15) is 19.2 Å². The van der Waals surface area contributed by atoms with Gasteiger partial charge in [-0.15, -0.1) is 0 Å². The van der Waals surface area contributed by atoms with Crippen LogP contribution in [0.25, 0.3) is 0 Å². The SMILES string of the molecule is O=C(Cc1cc(=O)[nH][nH]c1=O)N1CC[C@@]2(CCCN(C3CCOCC3)C2=O)C1. The van der Waals surface area contributed by atoms with E-state index in [0.717, 1.165) is 38.3 Å². The number of carbonyl (C=O) groups excluding carboxylic acids is 2. The molecule has 28 heavy (non-hydrogen) atoms. The van der Waals surface area contributed by atoms with E-state index in [1.807, 2.05) is 4.90 Å². The molecule has 0 aliphatic carbocycles. The fraction of sp³-hybridized carbons (Fsp3) is 0.684. The molecule has 9 nitrogen and oxygen atoms in total. The number of likely N-dealkylation sites (tertiary alicyclic amines) is 2. The molecular formula is C19H26N4O5. The van der Waals surface area contributed by atoms with E-state index in [-0.39, 0.29) is 29.8 Å². The molecule has 0 bridgehead atoms. The molecule has 9 heteroatoms. The van der Waals surface area contributed by atoms with E-state index < -0.39 is 16.5 Å². The molecule has 0 unspecified atom stereocenters. The molecule has 1 atom stereocenters. The molecule has 4 rings (SSSR count). The Balaban J connectivity index is 1.45. The van der Waals surface area contributed by atoms with Crippen molar-refractivity contribution in [2.24, 2.45) is 5.41 Å². The van der Waals surface area contributed by atoms with Crippen molar-refractivity contribution in [3.63, 3.8) is 0 Å². The van der Waals surface area contributed by atoms with Crippen LogP contribution in [-0.4, -0.2) is 70.7 Å². The molecule has 0 saturated carbocycles. The summed E-state index contributed by atoms with van der Waals surface area (Å²) in [6, 6.07) is 1.39. The van der Waals surface area contributed by atoms with Gasteiger partial charge in [-0.25, -0.2) is 0 Å². The second-order valence-corrected chi connectivity index (χ2v) is 8.08. The van der Waals surface area contributed by atoms with Crippen molar-refractivity contribution >= 4 is 11.8 Å². The number of aromatic nitrogens is 2. The summed E-state index contributed by atoms with van der Waals surface area (Å²) in [5.74, 6) is -0.0566. The molecule has 2 amide bonds. The number of ether oxygens (including phenoxy) is 1. The molecule has 3 aliphatic rings. The van der Waals surface area contributed by atoms with Crippen LogP contribution in [0.3, 0.4) is 0 Å². The maximum atomic E-state index is 13.3. The van der Waals surface area contributed by atoms with E-state index in [4.69, 9.17) is 4.74 Å². The van der Waals surface area contributed by atoms with Gasteiger partial charge in [-0.1, -0.05) is 0 Å². The summed E-state index contributed by atoms with van der Waals surface area (Å²) in [7, 11) is 0. The summed E-state index contributed by atoms with van der Waals surface area (Å²) in [6.45, 7) is 3.06. The number of aromatic amines is 2. The number of hydrogen-bond donors (Lipinski definition) is 2. The normalized spacial score (nSPS) is 26.2. The lowest BCUT2D eigenvalue weighted by atomic mass is 9.77. The highest BCUT2D eigenvalue weighted by molar-refractivity contribution is 5.86. The maximum Gasteiger partial charge on any atom is 0.266 e. The van der Waals surface area contributed by atoms with Crippen LogP contribution in [0.15, 0.2) is 15.7 Å². The highest BCUT2D eigenvalue weighted by Crippen LogP contribution is 2.41. The number of nitrogens with zero attached hydrogens (tertiary/aromatic N) is 2. The van der Waals surface area contributed by atoms with Gasteiger partial charge < -0.3 is 14.5 Å². The Morgan fingerprint density at radius 3 is 2.71 bits per heavy atom. The number of rotatable bonds is 3. The minimum atomic E-state index is -0.507. The Hall–Kier alpha value is -2.42. The van der Waals surface area contributed by atoms with Gasteiger partial charge in [0, 0.05) is 50.5 Å². The first-order chi connectivity index (χ1) is 13.5. The molecule has 1 spiro atoms. The van der Waals surface area contributed by atoms with Gasteiger partial charge in [0.1, 0.15) is 0 Å². The molecule has 1 aromatic heterocycles. The third-order valence-electron chi connectivity index (χ3n) is 6.34. The lowest BCUT2D eigenvalue weighted by Gasteiger charge is -2.44. The molecule has 0 radical (unpaired) electrons. The van der Waals surface area contributed by atoms with E-state index in [1.54, 1.807) is 4.90 Å². The fourth-order valence-corrected chi connectivity index (χ4v) is 4.77. The maximum absolute atomic E-state index is 13.3. The third-order valence-corrected chi connectivity index (χ3v) is 6.34. The van der Waals surface area contributed by atoms with Crippen LogP contribution in [0, 0.1) is 5.41 Å². The van der Waals surface area contributed by atoms with Gasteiger partial charge in [0.25, 0.3) is 11.1 Å². The zero-order valence-electron chi connectivity index (χ0n) is 15.9. The summed E-state index contributed by atoms with van der Waals surface area (Å²) in [5, 5.41) is 4.43. The summed E-state index contributed by atoms with van der Waals surface area (Å²) < 4.78 is 5.42. The average molecular weight is 390 g/mol. The van der Waals surface area contributed by atoms with Crippen LogP contribution < -0.4 is 11.1 Å². The van der Waals surface area contributed by atoms with Crippen LogP contribution in [0.2, 0.25) is 0 Å². The number of carbonyl (C=O) groups is 2. The summed E-state index contributed by atoms with van der Waals surface area (Å²) in [4.78, 5) is 52.9. The Labute approximate surface area is 162 Å². The van der Waals surface area contributed by atoms with Crippen molar-refractivity contribution in [3.8, 4) is 0 Å². The van der Waals surface area contributed by atoms with Crippen LogP contribution in [0.1, 0.15) is 37.7 Å².